The van der Waals surface area contributed by atoms with Gasteiger partial charge in [-0.25, -0.2) is 0 Å². The van der Waals surface area contributed by atoms with E-state index in [-0.39, 0.29) is 0 Å². The molecule has 1 nitrogen and oxygen atoms in total. The fourth-order valence-corrected chi connectivity index (χ4v) is 5.62. The molecule has 3 heteroatoms. The summed E-state index contributed by atoms with van der Waals surface area (Å²) in [5.41, 5.74) is 3.58. The van der Waals surface area contributed by atoms with Crippen LogP contribution in [0.5, 0.6) is 0 Å². The van der Waals surface area contributed by atoms with Crippen LogP contribution in [0.3, 0.4) is 0 Å². The molecule has 0 bridgehead atoms. The molecule has 0 amide bonds. The molecular weight excluding hydrogens is 486 g/mol. The normalized spacial score (nSPS) is 11.8. The second-order valence-electron chi connectivity index (χ2n) is 7.27. The van der Waals surface area contributed by atoms with Gasteiger partial charge < -0.3 is 4.57 Å². The highest BCUT2D eigenvalue weighted by Crippen LogP contribution is 2.44. The first kappa shape index (κ1) is 17.3. The second-order valence-corrected chi connectivity index (χ2v) is 8.98. The van der Waals surface area contributed by atoms with Gasteiger partial charge in [0.05, 0.1) is 11.0 Å². The van der Waals surface area contributed by atoms with Gasteiger partial charge in [0.15, 0.2) is 0 Å². The van der Waals surface area contributed by atoms with Crippen molar-refractivity contribution in [3.05, 3.63) is 99.9 Å². The van der Waals surface area contributed by atoms with Crippen molar-refractivity contribution in [1.82, 2.24) is 4.57 Å². The third-order valence-corrected chi connectivity index (χ3v) is 7.00. The van der Waals surface area contributed by atoms with Crippen LogP contribution >= 0.6 is 31.9 Å². The molecule has 6 aromatic rings. The first-order valence-corrected chi connectivity index (χ1v) is 11.1. The molecule has 0 unspecified atom stereocenters. The van der Waals surface area contributed by atoms with Gasteiger partial charge in [-0.3, -0.25) is 0 Å². The highest BCUT2D eigenvalue weighted by molar-refractivity contribution is 9.11. The predicted octanol–water partition coefficient (Wildman–Crippen LogP) is 8.62. The van der Waals surface area contributed by atoms with Gasteiger partial charge in [-0.05, 0) is 45.8 Å². The number of nitrogens with zero attached hydrogens (tertiary/aromatic N) is 1. The molecule has 0 spiro atoms. The van der Waals surface area contributed by atoms with E-state index in [0.29, 0.717) is 0 Å². The van der Waals surface area contributed by atoms with Crippen LogP contribution in [0.4, 0.5) is 0 Å². The summed E-state index contributed by atoms with van der Waals surface area (Å²) in [5, 5.41) is 7.60. The summed E-state index contributed by atoms with van der Waals surface area (Å²) in [4.78, 5) is 0. The number of fused-ring (bicyclic) bond motifs is 7. The van der Waals surface area contributed by atoms with Gasteiger partial charge in [-0.1, -0.05) is 98.6 Å². The number of benzene rings is 5. The molecule has 6 rings (SSSR count). The zero-order chi connectivity index (χ0) is 19.5. The summed E-state index contributed by atoms with van der Waals surface area (Å²) in [6, 6.07) is 32.4. The third kappa shape index (κ3) is 2.44. The molecule has 1 heterocycles. The summed E-state index contributed by atoms with van der Waals surface area (Å²) < 4.78 is 4.60. The van der Waals surface area contributed by atoms with Crippen LogP contribution in [-0.4, -0.2) is 4.57 Å². The van der Waals surface area contributed by atoms with Gasteiger partial charge in [0.2, 0.25) is 0 Å². The largest absolute Gasteiger partial charge is 0.309 e. The molecule has 0 aliphatic rings. The van der Waals surface area contributed by atoms with Crippen LogP contribution in [0.2, 0.25) is 0 Å². The third-order valence-electron chi connectivity index (χ3n) is 5.69. The topological polar surface area (TPSA) is 4.93 Å². The Hall–Kier alpha value is -2.62. The average Bonchev–Trinajstić information content (AvgIpc) is 3.08. The van der Waals surface area contributed by atoms with E-state index in [2.05, 4.69) is 127 Å². The number of hydrogen-bond donors (Lipinski definition) is 0. The summed E-state index contributed by atoms with van der Waals surface area (Å²) in [6.07, 6.45) is 0. The molecule has 1 aromatic heterocycles. The van der Waals surface area contributed by atoms with Crippen molar-refractivity contribution >= 4 is 75.2 Å². The van der Waals surface area contributed by atoms with E-state index in [1.807, 2.05) is 0 Å². The highest BCUT2D eigenvalue weighted by Gasteiger charge is 2.19. The molecule has 0 N–H and O–H groups in total. The lowest BCUT2D eigenvalue weighted by Crippen LogP contribution is -1.93. The lowest BCUT2D eigenvalue weighted by atomic mass is 10.00. The van der Waals surface area contributed by atoms with E-state index in [9.17, 15) is 0 Å². The van der Waals surface area contributed by atoms with E-state index < -0.39 is 0 Å². The molecule has 0 aliphatic carbocycles. The van der Waals surface area contributed by atoms with Crippen molar-refractivity contribution in [2.24, 2.45) is 0 Å². The quantitative estimate of drug-likeness (QED) is 0.213. The smallest absolute Gasteiger partial charge is 0.0559 e. The van der Waals surface area contributed by atoms with Crippen molar-refractivity contribution in [3.8, 4) is 5.69 Å². The van der Waals surface area contributed by atoms with E-state index in [4.69, 9.17) is 0 Å². The van der Waals surface area contributed by atoms with Gasteiger partial charge in [0, 0.05) is 25.4 Å². The minimum Gasteiger partial charge on any atom is -0.309 e. The maximum Gasteiger partial charge on any atom is 0.0559 e. The molecule has 0 saturated carbocycles. The Bertz CT molecular complexity index is 1460. The van der Waals surface area contributed by atoms with E-state index >= 15 is 0 Å². The molecule has 0 aliphatic heterocycles. The molecule has 5 aromatic carbocycles. The number of hydrogen-bond acceptors (Lipinski definition) is 0. The average molecular weight is 501 g/mol. The first-order chi connectivity index (χ1) is 14.2. The monoisotopic (exact) mass is 499 g/mol. The minimum atomic E-state index is 1.11. The van der Waals surface area contributed by atoms with Gasteiger partial charge in [0.25, 0.3) is 0 Å². The highest BCUT2D eigenvalue weighted by atomic mass is 79.9. The maximum absolute atomic E-state index is 3.82. The fraction of sp³-hybridized carbons (Fsp3) is 0. The molecule has 0 radical (unpaired) electrons. The fourth-order valence-electron chi connectivity index (χ4n) is 4.50. The Morgan fingerprint density at radius 1 is 0.483 bits per heavy atom. The number of aromatic nitrogens is 1. The minimum absolute atomic E-state index is 1.11. The van der Waals surface area contributed by atoms with E-state index in [1.165, 1.54) is 43.4 Å². The Balaban J connectivity index is 2.00. The Morgan fingerprint density at radius 3 is 1.38 bits per heavy atom. The Kier molecular flexibility index (Phi) is 3.84. The van der Waals surface area contributed by atoms with Crippen LogP contribution in [0.15, 0.2) is 99.9 Å². The lowest BCUT2D eigenvalue weighted by Gasteiger charge is -2.09. The van der Waals surface area contributed by atoms with Crippen LogP contribution in [0.1, 0.15) is 0 Å². The molecule has 29 heavy (non-hydrogen) atoms. The summed E-state index contributed by atoms with van der Waals surface area (Å²) in [6.45, 7) is 0. The lowest BCUT2D eigenvalue weighted by molar-refractivity contribution is 1.18. The van der Waals surface area contributed by atoms with Crippen molar-refractivity contribution in [1.29, 1.82) is 0 Å². The number of para-hydroxylation sites is 1. The molecular formula is C26H15Br2N. The van der Waals surface area contributed by atoms with Crippen LogP contribution in [-0.2, 0) is 0 Å². The molecule has 0 atom stereocenters. The van der Waals surface area contributed by atoms with Gasteiger partial charge in [-0.2, -0.15) is 0 Å². The van der Waals surface area contributed by atoms with Crippen LogP contribution in [0, 0.1) is 0 Å². The number of halogens is 2. The molecule has 138 valence electrons. The molecule has 0 fully saturated rings. The maximum atomic E-state index is 3.82. The summed E-state index contributed by atoms with van der Waals surface area (Å²) in [7, 11) is 0. The molecule has 0 saturated heterocycles. The standard InChI is InChI=1S/C26H15Br2N/c27-21-14-23-25(19-12-6-4-10-17(19)21)26-20-13-7-5-11-18(20)22(28)15-24(26)29(23)16-8-2-1-3-9-16/h1-15H. The zero-order valence-corrected chi connectivity index (χ0v) is 18.5. The van der Waals surface area contributed by atoms with E-state index in [0.717, 1.165) is 14.6 Å². The van der Waals surface area contributed by atoms with E-state index in [1.54, 1.807) is 0 Å². The van der Waals surface area contributed by atoms with Gasteiger partial charge in [0.1, 0.15) is 0 Å². The van der Waals surface area contributed by atoms with Gasteiger partial charge >= 0.3 is 0 Å². The Labute approximate surface area is 184 Å². The second kappa shape index (κ2) is 6.45. The summed E-state index contributed by atoms with van der Waals surface area (Å²) in [5.74, 6) is 0. The van der Waals surface area contributed by atoms with Crippen LogP contribution in [0.25, 0.3) is 49.0 Å². The Morgan fingerprint density at radius 2 is 0.897 bits per heavy atom. The van der Waals surface area contributed by atoms with Crippen LogP contribution < -0.4 is 0 Å². The van der Waals surface area contributed by atoms with Gasteiger partial charge in [-0.15, -0.1) is 0 Å². The first-order valence-electron chi connectivity index (χ1n) is 9.52. The SMILES string of the molecule is Brc1cc2c(c3ccccc13)c1c3ccccc3c(Br)cc1n2-c1ccccc1. The number of rotatable bonds is 1. The predicted molar refractivity (Wildman–Crippen MR) is 131 cm³/mol. The van der Waals surface area contributed by atoms with Crippen molar-refractivity contribution in [2.75, 3.05) is 0 Å². The van der Waals surface area contributed by atoms with Crippen molar-refractivity contribution in [2.45, 2.75) is 0 Å². The van der Waals surface area contributed by atoms with Crippen molar-refractivity contribution < 1.29 is 0 Å². The summed E-state index contributed by atoms with van der Waals surface area (Å²) >= 11 is 7.65. The zero-order valence-electron chi connectivity index (χ0n) is 15.4. The van der Waals surface area contributed by atoms with Crippen molar-refractivity contribution in [3.63, 3.8) is 0 Å².